The lowest BCUT2D eigenvalue weighted by Crippen LogP contribution is -2.39. The number of hydrogen-bond acceptors (Lipinski definition) is 5. The molecule has 1 amide bonds. The average molecular weight is 271 g/mol. The van der Waals surface area contributed by atoms with Crippen LogP contribution >= 0.6 is 0 Å². The van der Waals surface area contributed by atoms with Crippen LogP contribution in [0.5, 0.6) is 0 Å². The summed E-state index contributed by atoms with van der Waals surface area (Å²) in [4.78, 5) is 27.9. The molecule has 0 radical (unpaired) electrons. The van der Waals surface area contributed by atoms with Crippen molar-refractivity contribution in [3.8, 4) is 12.3 Å². The summed E-state index contributed by atoms with van der Waals surface area (Å²) in [7, 11) is 0. The maximum Gasteiger partial charge on any atom is 0.534 e. The standard InChI is InChI=1S/C13H21NO5/c1-8-9-14(10(15)17-12(2,3)4)19-11(16)18-13(5,6)7/h1H,9H2,2-7H3. The van der Waals surface area contributed by atoms with Crippen molar-refractivity contribution in [1.29, 1.82) is 0 Å². The van der Waals surface area contributed by atoms with E-state index in [-0.39, 0.29) is 6.54 Å². The molecule has 19 heavy (non-hydrogen) atoms. The Kier molecular flexibility index (Phi) is 5.69. The molecule has 6 nitrogen and oxygen atoms in total. The highest BCUT2D eigenvalue weighted by Crippen LogP contribution is 2.12. The second-order valence-electron chi connectivity index (χ2n) is 5.78. The zero-order valence-electron chi connectivity index (χ0n) is 12.3. The van der Waals surface area contributed by atoms with Gasteiger partial charge in [0.25, 0.3) is 0 Å². The summed E-state index contributed by atoms with van der Waals surface area (Å²) in [5, 5.41) is 0.638. The van der Waals surface area contributed by atoms with E-state index < -0.39 is 23.5 Å². The molecule has 0 heterocycles. The summed E-state index contributed by atoms with van der Waals surface area (Å²) >= 11 is 0. The SMILES string of the molecule is C#CCN(OC(=O)OC(C)(C)C)C(=O)OC(C)(C)C. The summed E-state index contributed by atoms with van der Waals surface area (Å²) < 4.78 is 9.96. The van der Waals surface area contributed by atoms with E-state index in [1.165, 1.54) is 0 Å². The van der Waals surface area contributed by atoms with Crippen LogP contribution in [0.1, 0.15) is 41.5 Å². The van der Waals surface area contributed by atoms with Gasteiger partial charge in [0, 0.05) is 0 Å². The average Bonchev–Trinajstić information content (AvgIpc) is 2.10. The maximum absolute atomic E-state index is 11.7. The normalized spacial score (nSPS) is 11.2. The van der Waals surface area contributed by atoms with Crippen molar-refractivity contribution in [3.63, 3.8) is 0 Å². The van der Waals surface area contributed by atoms with Crippen molar-refractivity contribution in [2.45, 2.75) is 52.7 Å². The van der Waals surface area contributed by atoms with Crippen LogP contribution in [0.3, 0.4) is 0 Å². The second kappa shape index (κ2) is 6.32. The fraction of sp³-hybridized carbons (Fsp3) is 0.692. The molecule has 108 valence electrons. The van der Waals surface area contributed by atoms with Gasteiger partial charge in [-0.1, -0.05) is 5.92 Å². The zero-order chi connectivity index (χ0) is 15.3. The monoisotopic (exact) mass is 271 g/mol. The van der Waals surface area contributed by atoms with Crippen LogP contribution in [0.25, 0.3) is 0 Å². The van der Waals surface area contributed by atoms with Crippen molar-refractivity contribution < 1.29 is 23.9 Å². The van der Waals surface area contributed by atoms with Gasteiger partial charge in [-0.15, -0.1) is 11.5 Å². The van der Waals surface area contributed by atoms with Gasteiger partial charge in [0.05, 0.1) is 0 Å². The smallest absolute Gasteiger partial charge is 0.442 e. The van der Waals surface area contributed by atoms with E-state index in [0.29, 0.717) is 5.06 Å². The van der Waals surface area contributed by atoms with Gasteiger partial charge >= 0.3 is 12.2 Å². The molecule has 0 aromatic rings. The molecule has 0 bridgehead atoms. The van der Waals surface area contributed by atoms with Crippen molar-refractivity contribution in [1.82, 2.24) is 5.06 Å². The van der Waals surface area contributed by atoms with Crippen LogP contribution in [0.2, 0.25) is 0 Å². The van der Waals surface area contributed by atoms with Crippen LogP contribution in [0.15, 0.2) is 0 Å². The number of hydroxylamine groups is 2. The quantitative estimate of drug-likeness (QED) is 0.417. The molecule has 6 heteroatoms. The summed E-state index contributed by atoms with van der Waals surface area (Å²) in [6.45, 7) is 9.85. The van der Waals surface area contributed by atoms with Gasteiger partial charge in [0.2, 0.25) is 0 Å². The third-order valence-corrected chi connectivity index (χ3v) is 1.41. The lowest BCUT2D eigenvalue weighted by Gasteiger charge is -2.26. The molecule has 0 aliphatic heterocycles. The van der Waals surface area contributed by atoms with Gasteiger partial charge in [0.1, 0.15) is 17.7 Å². The van der Waals surface area contributed by atoms with Crippen molar-refractivity contribution in [2.24, 2.45) is 0 Å². The van der Waals surface area contributed by atoms with Gasteiger partial charge in [-0.3, -0.25) is 4.84 Å². The molecule has 0 spiro atoms. The lowest BCUT2D eigenvalue weighted by atomic mass is 10.2. The predicted octanol–water partition coefficient (Wildman–Crippen LogP) is 2.72. The number of nitrogens with zero attached hydrogens (tertiary/aromatic N) is 1. The molecule has 0 saturated heterocycles. The highest BCUT2D eigenvalue weighted by molar-refractivity contribution is 5.70. The minimum absolute atomic E-state index is 0.228. The molecule has 0 aliphatic carbocycles. The Balaban J connectivity index is 4.63. The molecule has 0 aromatic carbocycles. The highest BCUT2D eigenvalue weighted by Gasteiger charge is 2.27. The molecule has 0 aliphatic rings. The molecule has 0 aromatic heterocycles. The van der Waals surface area contributed by atoms with Gasteiger partial charge in [0.15, 0.2) is 0 Å². The molecule has 0 rings (SSSR count). The second-order valence-corrected chi connectivity index (χ2v) is 5.78. The zero-order valence-corrected chi connectivity index (χ0v) is 12.3. The number of hydrogen-bond donors (Lipinski definition) is 0. The summed E-state index contributed by atoms with van der Waals surface area (Å²) in [6.07, 6.45) is 3.23. The minimum atomic E-state index is -1.02. The molecule has 0 atom stereocenters. The Bertz CT molecular complexity index is 370. The molecule has 0 unspecified atom stereocenters. The van der Waals surface area contributed by atoms with E-state index in [9.17, 15) is 9.59 Å². The number of terminal acetylenes is 1. The van der Waals surface area contributed by atoms with Crippen LogP contribution in [-0.2, 0) is 14.3 Å². The van der Waals surface area contributed by atoms with Crippen LogP contribution in [0.4, 0.5) is 9.59 Å². The first-order valence-electron chi connectivity index (χ1n) is 5.79. The summed E-state index contributed by atoms with van der Waals surface area (Å²) in [5.74, 6) is 2.19. The Hall–Kier alpha value is -1.90. The van der Waals surface area contributed by atoms with E-state index in [0.717, 1.165) is 0 Å². The molecular weight excluding hydrogens is 250 g/mol. The molecular formula is C13H21NO5. The van der Waals surface area contributed by atoms with Gasteiger partial charge < -0.3 is 9.47 Å². The first-order chi connectivity index (χ1) is 8.44. The molecule has 0 N–H and O–H groups in total. The van der Waals surface area contributed by atoms with Crippen LogP contribution in [-0.4, -0.2) is 35.1 Å². The molecule has 0 fully saturated rings. The van der Waals surface area contributed by atoms with E-state index >= 15 is 0 Å². The number of ether oxygens (including phenoxy) is 2. The van der Waals surface area contributed by atoms with E-state index in [4.69, 9.17) is 20.7 Å². The van der Waals surface area contributed by atoms with Crippen LogP contribution in [0, 0.1) is 12.3 Å². The lowest BCUT2D eigenvalue weighted by molar-refractivity contribution is -0.129. The Morgan fingerprint density at radius 2 is 1.53 bits per heavy atom. The van der Waals surface area contributed by atoms with E-state index in [1.807, 2.05) is 0 Å². The minimum Gasteiger partial charge on any atom is -0.442 e. The third kappa shape index (κ3) is 8.77. The Morgan fingerprint density at radius 3 is 1.89 bits per heavy atom. The number of carbonyl (C=O) groups excluding carboxylic acids is 2. The van der Waals surface area contributed by atoms with Gasteiger partial charge in [-0.25, -0.2) is 9.59 Å². The fourth-order valence-corrected chi connectivity index (χ4v) is 0.888. The van der Waals surface area contributed by atoms with Crippen molar-refractivity contribution >= 4 is 12.2 Å². The Labute approximate surface area is 113 Å². The molecule has 0 saturated carbocycles. The fourth-order valence-electron chi connectivity index (χ4n) is 0.888. The van der Waals surface area contributed by atoms with Crippen molar-refractivity contribution in [3.05, 3.63) is 0 Å². The number of amides is 1. The van der Waals surface area contributed by atoms with Crippen molar-refractivity contribution in [2.75, 3.05) is 6.54 Å². The number of rotatable bonds is 1. The first kappa shape index (κ1) is 17.1. The summed E-state index contributed by atoms with van der Waals surface area (Å²) in [5.41, 5.74) is -1.45. The largest absolute Gasteiger partial charge is 0.534 e. The topological polar surface area (TPSA) is 65.1 Å². The van der Waals surface area contributed by atoms with Crippen LogP contribution < -0.4 is 0 Å². The van der Waals surface area contributed by atoms with Gasteiger partial charge in [-0.2, -0.15) is 0 Å². The third-order valence-electron chi connectivity index (χ3n) is 1.41. The van der Waals surface area contributed by atoms with E-state index in [1.54, 1.807) is 41.5 Å². The number of carbonyl (C=O) groups is 2. The van der Waals surface area contributed by atoms with E-state index in [2.05, 4.69) is 5.92 Å². The highest BCUT2D eigenvalue weighted by atomic mass is 16.8. The predicted molar refractivity (Wildman–Crippen MR) is 69.1 cm³/mol. The summed E-state index contributed by atoms with van der Waals surface area (Å²) in [6, 6.07) is 0. The van der Waals surface area contributed by atoms with Gasteiger partial charge in [-0.05, 0) is 41.5 Å². The maximum atomic E-state index is 11.7. The Morgan fingerprint density at radius 1 is 1.05 bits per heavy atom. The first-order valence-corrected chi connectivity index (χ1v) is 5.79.